The first kappa shape index (κ1) is 25.3. The molecule has 1 amide bonds. The van der Waals surface area contributed by atoms with Crippen LogP contribution in [-0.2, 0) is 4.79 Å². The van der Waals surface area contributed by atoms with Crippen LogP contribution in [-0.4, -0.2) is 28.4 Å². The average Bonchev–Trinajstić information content (AvgIpc) is 3.41. The molecule has 0 saturated carbocycles. The molecule has 4 aromatic carbocycles. The number of hydrogen-bond acceptors (Lipinski definition) is 6. The molecule has 0 spiro atoms. The molecule has 9 heteroatoms. The molecule has 0 atom stereocenters. The summed E-state index contributed by atoms with van der Waals surface area (Å²) in [4.78, 5) is 30.7. The number of para-hydroxylation sites is 3. The van der Waals surface area contributed by atoms with Crippen LogP contribution >= 0.6 is 15.9 Å². The highest BCUT2D eigenvalue weighted by atomic mass is 79.9. The molecular weight excluding hydrogens is 572 g/mol. The van der Waals surface area contributed by atoms with Crippen molar-refractivity contribution in [3.63, 3.8) is 0 Å². The maximum absolute atomic E-state index is 13.6. The van der Waals surface area contributed by atoms with Crippen molar-refractivity contribution in [1.82, 2.24) is 9.66 Å². The Morgan fingerprint density at radius 3 is 2.60 bits per heavy atom. The molecule has 0 aliphatic heterocycles. The number of carbonyl (C=O) groups excluding carboxylic acids is 1. The van der Waals surface area contributed by atoms with Crippen LogP contribution in [0.15, 0.2) is 122 Å². The summed E-state index contributed by atoms with van der Waals surface area (Å²) in [5, 5.41) is 8.62. The number of hydrogen-bond donors (Lipinski definition) is 1. The van der Waals surface area contributed by atoms with Gasteiger partial charge in [-0.1, -0.05) is 64.5 Å². The zero-order chi connectivity index (χ0) is 27.5. The van der Waals surface area contributed by atoms with Crippen LogP contribution in [0.2, 0.25) is 0 Å². The molecule has 2 aromatic heterocycles. The van der Waals surface area contributed by atoms with Crippen LogP contribution in [0.5, 0.6) is 5.75 Å². The van der Waals surface area contributed by atoms with E-state index in [0.717, 1.165) is 9.86 Å². The number of amides is 1. The summed E-state index contributed by atoms with van der Waals surface area (Å²) in [6.07, 6.45) is 1.50. The van der Waals surface area contributed by atoms with Crippen molar-refractivity contribution in [1.29, 1.82) is 0 Å². The molecule has 2 heterocycles. The van der Waals surface area contributed by atoms with Crippen LogP contribution in [0.25, 0.3) is 33.5 Å². The Balaban J connectivity index is 1.36. The lowest BCUT2D eigenvalue weighted by Crippen LogP contribution is -2.21. The first-order valence-electron chi connectivity index (χ1n) is 12.4. The normalized spacial score (nSPS) is 11.3. The summed E-state index contributed by atoms with van der Waals surface area (Å²) in [6.45, 7) is -0.209. The number of halogens is 1. The second-order valence-electron chi connectivity index (χ2n) is 8.85. The van der Waals surface area contributed by atoms with Crippen molar-refractivity contribution in [3.05, 3.63) is 124 Å². The molecule has 40 heavy (non-hydrogen) atoms. The molecule has 6 rings (SSSR count). The first-order valence-corrected chi connectivity index (χ1v) is 13.2. The second kappa shape index (κ2) is 11.0. The summed E-state index contributed by atoms with van der Waals surface area (Å²) < 4.78 is 13.8. The third-order valence-corrected chi connectivity index (χ3v) is 6.59. The Morgan fingerprint density at radius 1 is 0.975 bits per heavy atom. The van der Waals surface area contributed by atoms with Gasteiger partial charge < -0.3 is 14.5 Å². The van der Waals surface area contributed by atoms with Crippen LogP contribution < -0.4 is 15.6 Å². The van der Waals surface area contributed by atoms with Crippen LogP contribution in [0.4, 0.5) is 5.69 Å². The van der Waals surface area contributed by atoms with Crippen LogP contribution in [0, 0.1) is 0 Å². The Bertz CT molecular complexity index is 1910. The fraction of sp³-hybridized carbons (Fsp3) is 0.0323. The van der Waals surface area contributed by atoms with Crippen molar-refractivity contribution < 1.29 is 13.9 Å². The molecule has 196 valence electrons. The van der Waals surface area contributed by atoms with Crippen molar-refractivity contribution in [3.8, 4) is 17.3 Å². The number of nitrogens with one attached hydrogen (secondary N) is 1. The number of fused-ring (bicyclic) bond motifs is 2. The summed E-state index contributed by atoms with van der Waals surface area (Å²) in [5.74, 6) is 0.779. The second-order valence-corrected chi connectivity index (χ2v) is 9.76. The number of aromatic nitrogens is 2. The van der Waals surface area contributed by atoms with E-state index < -0.39 is 0 Å². The lowest BCUT2D eigenvalue weighted by molar-refractivity contribution is -0.118. The quantitative estimate of drug-likeness (QED) is 0.214. The van der Waals surface area contributed by atoms with Crippen molar-refractivity contribution in [2.75, 3.05) is 11.9 Å². The third kappa shape index (κ3) is 5.27. The zero-order valence-electron chi connectivity index (χ0n) is 21.0. The molecule has 0 aliphatic rings. The van der Waals surface area contributed by atoms with Gasteiger partial charge in [-0.3, -0.25) is 9.59 Å². The van der Waals surface area contributed by atoms with Gasteiger partial charge >= 0.3 is 0 Å². The van der Waals surface area contributed by atoms with Crippen molar-refractivity contribution >= 4 is 55.6 Å². The predicted molar refractivity (Wildman–Crippen MR) is 159 cm³/mol. The summed E-state index contributed by atoms with van der Waals surface area (Å²) in [6, 6.07) is 30.9. The molecule has 1 N–H and O–H groups in total. The van der Waals surface area contributed by atoms with Gasteiger partial charge in [0.2, 0.25) is 5.82 Å². The van der Waals surface area contributed by atoms with E-state index in [9.17, 15) is 9.59 Å². The number of furan rings is 1. The van der Waals surface area contributed by atoms with Crippen LogP contribution in [0.3, 0.4) is 0 Å². The number of ether oxygens (including phenoxy) is 1. The van der Waals surface area contributed by atoms with E-state index in [1.54, 1.807) is 48.5 Å². The topological polar surface area (TPSA) is 98.7 Å². The minimum atomic E-state index is -0.350. The highest BCUT2D eigenvalue weighted by Crippen LogP contribution is 2.27. The smallest absolute Gasteiger partial charge is 0.282 e. The molecule has 6 aromatic rings. The summed E-state index contributed by atoms with van der Waals surface area (Å²) >= 11 is 3.47. The van der Waals surface area contributed by atoms with Gasteiger partial charge in [0.25, 0.3) is 11.5 Å². The van der Waals surface area contributed by atoms with Crippen molar-refractivity contribution in [2.45, 2.75) is 0 Å². The fourth-order valence-corrected chi connectivity index (χ4v) is 4.59. The van der Waals surface area contributed by atoms with E-state index >= 15 is 0 Å². The Hall–Kier alpha value is -5.02. The summed E-state index contributed by atoms with van der Waals surface area (Å²) in [7, 11) is 0. The van der Waals surface area contributed by atoms with E-state index in [4.69, 9.17) is 14.1 Å². The van der Waals surface area contributed by atoms with Gasteiger partial charge in [0.1, 0.15) is 11.3 Å². The van der Waals surface area contributed by atoms with E-state index in [0.29, 0.717) is 39.2 Å². The summed E-state index contributed by atoms with van der Waals surface area (Å²) in [5.41, 5.74) is 2.08. The van der Waals surface area contributed by atoms with E-state index in [1.165, 1.54) is 10.9 Å². The highest BCUT2D eigenvalue weighted by molar-refractivity contribution is 9.10. The number of carbonyl (C=O) groups is 1. The predicted octanol–water partition coefficient (Wildman–Crippen LogP) is 6.47. The lowest BCUT2D eigenvalue weighted by atomic mass is 10.2. The molecule has 8 nitrogen and oxygen atoms in total. The molecule has 0 aliphatic carbocycles. The fourth-order valence-electron chi connectivity index (χ4n) is 4.22. The van der Waals surface area contributed by atoms with Gasteiger partial charge in [-0.05, 0) is 54.6 Å². The SMILES string of the molecule is O=C(COc1ccc(Br)cc1C=Nn1c(-c2cc3ccccc3o2)nc2ccccc2c1=O)Nc1ccccc1. The average molecular weight is 593 g/mol. The molecule has 0 radical (unpaired) electrons. The number of benzene rings is 4. The number of nitrogens with zero attached hydrogens (tertiary/aromatic N) is 3. The van der Waals surface area contributed by atoms with Gasteiger partial charge in [-0.15, -0.1) is 0 Å². The van der Waals surface area contributed by atoms with E-state index in [1.807, 2.05) is 54.6 Å². The van der Waals surface area contributed by atoms with Gasteiger partial charge in [0.15, 0.2) is 12.4 Å². The molecule has 0 unspecified atom stereocenters. The molecular formula is C31H21BrN4O4. The zero-order valence-corrected chi connectivity index (χ0v) is 22.5. The standard InChI is InChI=1S/C31H21BrN4O4/c32-22-14-15-26(39-19-29(37)34-23-9-2-1-3-10-23)21(16-22)18-33-36-30(28-17-20-8-4-7-13-27(20)40-28)35-25-12-6-5-11-24(25)31(36)38/h1-18H,19H2,(H,34,37). The van der Waals surface area contributed by atoms with E-state index in [2.05, 4.69) is 26.3 Å². The monoisotopic (exact) mass is 592 g/mol. The number of anilines is 1. The van der Waals surface area contributed by atoms with Crippen LogP contribution in [0.1, 0.15) is 5.56 Å². The Morgan fingerprint density at radius 2 is 1.75 bits per heavy atom. The maximum atomic E-state index is 13.6. The van der Waals surface area contributed by atoms with E-state index in [-0.39, 0.29) is 23.9 Å². The lowest BCUT2D eigenvalue weighted by Gasteiger charge is -2.11. The highest BCUT2D eigenvalue weighted by Gasteiger charge is 2.17. The number of rotatable bonds is 7. The third-order valence-electron chi connectivity index (χ3n) is 6.10. The van der Waals surface area contributed by atoms with Gasteiger partial charge in [0, 0.05) is 21.1 Å². The Labute approximate surface area is 236 Å². The van der Waals surface area contributed by atoms with Gasteiger partial charge in [-0.2, -0.15) is 9.78 Å². The molecule has 0 saturated heterocycles. The first-order chi connectivity index (χ1) is 19.5. The van der Waals surface area contributed by atoms with Gasteiger partial charge in [0.05, 0.1) is 17.1 Å². The van der Waals surface area contributed by atoms with Gasteiger partial charge in [-0.25, -0.2) is 4.98 Å². The van der Waals surface area contributed by atoms with Crippen molar-refractivity contribution in [2.24, 2.45) is 5.10 Å². The Kier molecular flexibility index (Phi) is 6.95. The minimum absolute atomic E-state index is 0.209. The minimum Gasteiger partial charge on any atom is -0.483 e. The molecule has 0 fully saturated rings. The largest absolute Gasteiger partial charge is 0.483 e. The molecule has 0 bridgehead atoms. The maximum Gasteiger partial charge on any atom is 0.282 e.